The van der Waals surface area contributed by atoms with Crippen molar-refractivity contribution in [2.75, 3.05) is 0 Å². The van der Waals surface area contributed by atoms with Crippen molar-refractivity contribution in [1.82, 2.24) is 0 Å². The van der Waals surface area contributed by atoms with Gasteiger partial charge in [-0.05, 0) is 57.3 Å². The number of hydrogen-bond acceptors (Lipinski definition) is 2. The van der Waals surface area contributed by atoms with Crippen LogP contribution in [0.2, 0.25) is 0 Å². The molecule has 0 atom stereocenters. The molecule has 2 nitrogen and oxygen atoms in total. The molecule has 0 saturated heterocycles. The van der Waals surface area contributed by atoms with Crippen LogP contribution in [-0.4, -0.2) is 0 Å². The zero-order chi connectivity index (χ0) is 21.7. The number of aryl methyl sites for hydroxylation is 2. The fraction of sp³-hybridized carbons (Fsp3) is 0.0667. The van der Waals surface area contributed by atoms with Crippen LogP contribution < -0.4 is 10.9 Å². The van der Waals surface area contributed by atoms with Crippen LogP contribution in [0.1, 0.15) is 11.1 Å². The van der Waals surface area contributed by atoms with Crippen molar-refractivity contribution in [2.45, 2.75) is 13.8 Å². The molecule has 0 aliphatic carbocycles. The fourth-order valence-electron chi connectivity index (χ4n) is 5.83. The van der Waals surface area contributed by atoms with Crippen molar-refractivity contribution in [3.63, 3.8) is 0 Å². The molecular weight excluding hydrogens is 392 g/mol. The van der Waals surface area contributed by atoms with Crippen LogP contribution in [0.25, 0.3) is 64.6 Å². The minimum absolute atomic E-state index is 0.0682. The highest BCUT2D eigenvalue weighted by Crippen LogP contribution is 2.45. The first-order valence-corrected chi connectivity index (χ1v) is 10.9. The average Bonchev–Trinajstić information content (AvgIpc) is 2.82. The van der Waals surface area contributed by atoms with Gasteiger partial charge in [-0.25, -0.2) is 0 Å². The molecule has 0 radical (unpaired) electrons. The van der Waals surface area contributed by atoms with Gasteiger partial charge in [-0.2, -0.15) is 0 Å². The van der Waals surface area contributed by atoms with E-state index >= 15 is 0 Å². The van der Waals surface area contributed by atoms with E-state index in [1.54, 1.807) is 0 Å². The molecule has 0 saturated carbocycles. The monoisotopic (exact) mass is 410 g/mol. The molecule has 32 heavy (non-hydrogen) atoms. The standard InChI is InChI=1S/C30H18O2/c1-15-11-13-21-27-23(15)24-16(2)12-14-22-28(24)26(18-8-4-6-10-20(18)30(22)32)25(27)17-7-3-5-9-19(17)29(21)31/h3-14H,1-2H3. The summed E-state index contributed by atoms with van der Waals surface area (Å²) in [5.41, 5.74) is 2.38. The molecule has 0 bridgehead atoms. The van der Waals surface area contributed by atoms with Gasteiger partial charge in [-0.3, -0.25) is 9.59 Å². The minimum atomic E-state index is 0.0682. The van der Waals surface area contributed by atoms with Crippen molar-refractivity contribution in [2.24, 2.45) is 0 Å². The van der Waals surface area contributed by atoms with E-state index in [0.29, 0.717) is 0 Å². The molecule has 7 rings (SSSR count). The molecule has 7 aromatic carbocycles. The van der Waals surface area contributed by atoms with E-state index in [1.165, 1.54) is 0 Å². The van der Waals surface area contributed by atoms with Crippen molar-refractivity contribution in [3.05, 3.63) is 104 Å². The minimum Gasteiger partial charge on any atom is -0.289 e. The largest absolute Gasteiger partial charge is 0.289 e. The van der Waals surface area contributed by atoms with Crippen molar-refractivity contribution in [3.8, 4) is 0 Å². The quantitative estimate of drug-likeness (QED) is 0.203. The van der Waals surface area contributed by atoms with E-state index in [-0.39, 0.29) is 10.9 Å². The maximum atomic E-state index is 13.6. The van der Waals surface area contributed by atoms with E-state index in [4.69, 9.17) is 0 Å². The van der Waals surface area contributed by atoms with Crippen molar-refractivity contribution in [1.29, 1.82) is 0 Å². The topological polar surface area (TPSA) is 34.1 Å². The van der Waals surface area contributed by atoms with Gasteiger partial charge >= 0.3 is 0 Å². The second kappa shape index (κ2) is 5.80. The normalized spacial score (nSPS) is 12.3. The lowest BCUT2D eigenvalue weighted by molar-refractivity contribution is 1.52. The summed E-state index contributed by atoms with van der Waals surface area (Å²) in [5.74, 6) is 0. The first-order valence-electron chi connectivity index (χ1n) is 10.9. The third-order valence-corrected chi connectivity index (χ3v) is 7.20. The zero-order valence-corrected chi connectivity index (χ0v) is 17.7. The van der Waals surface area contributed by atoms with E-state index in [2.05, 4.69) is 13.8 Å². The summed E-state index contributed by atoms with van der Waals surface area (Å²) < 4.78 is 0. The summed E-state index contributed by atoms with van der Waals surface area (Å²) in [5, 5.41) is 11.2. The highest BCUT2D eigenvalue weighted by Gasteiger charge is 2.22. The Balaban J connectivity index is 2.09. The van der Waals surface area contributed by atoms with Crippen LogP contribution in [-0.2, 0) is 0 Å². The Morgan fingerprint density at radius 2 is 0.719 bits per heavy atom. The summed E-state index contributed by atoms with van der Waals surface area (Å²) in [6, 6.07) is 23.8. The molecule has 7 aromatic rings. The number of rotatable bonds is 0. The lowest BCUT2D eigenvalue weighted by atomic mass is 9.82. The zero-order valence-electron chi connectivity index (χ0n) is 17.7. The Kier molecular flexibility index (Phi) is 3.19. The number of benzene rings is 7. The first-order chi connectivity index (χ1) is 15.6. The SMILES string of the molecule is Cc1ccc2c(=O)c3ccccc3c3c2c1c1c(C)ccc2c(=O)c4ccccc4c3c21. The van der Waals surface area contributed by atoms with Gasteiger partial charge in [0.15, 0.2) is 10.9 Å². The first kappa shape index (κ1) is 17.6. The van der Waals surface area contributed by atoms with E-state index in [0.717, 1.165) is 75.8 Å². The molecule has 0 fully saturated rings. The van der Waals surface area contributed by atoms with E-state index in [1.807, 2.05) is 72.8 Å². The molecule has 0 N–H and O–H groups in total. The molecule has 0 amide bonds. The highest BCUT2D eigenvalue weighted by molar-refractivity contribution is 6.42. The Hall–Kier alpha value is -4.04. The van der Waals surface area contributed by atoms with Crippen LogP contribution in [0.15, 0.2) is 82.4 Å². The lowest BCUT2D eigenvalue weighted by Crippen LogP contribution is -2.07. The van der Waals surface area contributed by atoms with Crippen LogP contribution in [0.5, 0.6) is 0 Å². The molecule has 0 aliphatic heterocycles. The van der Waals surface area contributed by atoms with Crippen molar-refractivity contribution >= 4 is 64.6 Å². The second-order valence-corrected chi connectivity index (χ2v) is 8.86. The summed E-state index contributed by atoms with van der Waals surface area (Å²) in [7, 11) is 0. The molecule has 150 valence electrons. The lowest BCUT2D eigenvalue weighted by Gasteiger charge is -2.20. The fourth-order valence-corrected chi connectivity index (χ4v) is 5.83. The molecule has 0 unspecified atom stereocenters. The average molecular weight is 410 g/mol. The smallest absolute Gasteiger partial charge is 0.194 e. The third-order valence-electron chi connectivity index (χ3n) is 7.20. The van der Waals surface area contributed by atoms with Crippen LogP contribution >= 0.6 is 0 Å². The Bertz CT molecular complexity index is 1880. The summed E-state index contributed by atoms with van der Waals surface area (Å²) in [6.07, 6.45) is 0. The second-order valence-electron chi connectivity index (χ2n) is 8.86. The Labute approximate surface area is 183 Å². The highest BCUT2D eigenvalue weighted by atomic mass is 16.1. The summed E-state index contributed by atoms with van der Waals surface area (Å²) in [4.78, 5) is 27.1. The van der Waals surface area contributed by atoms with Crippen LogP contribution in [0.3, 0.4) is 0 Å². The molecule has 0 aromatic heterocycles. The Morgan fingerprint density at radius 1 is 0.375 bits per heavy atom. The summed E-state index contributed by atoms with van der Waals surface area (Å²) in [6.45, 7) is 4.20. The third kappa shape index (κ3) is 1.91. The van der Waals surface area contributed by atoms with E-state index < -0.39 is 0 Å². The van der Waals surface area contributed by atoms with Crippen LogP contribution in [0, 0.1) is 13.8 Å². The van der Waals surface area contributed by atoms with Gasteiger partial charge in [0.2, 0.25) is 0 Å². The van der Waals surface area contributed by atoms with Gasteiger partial charge in [0.05, 0.1) is 0 Å². The van der Waals surface area contributed by atoms with Crippen LogP contribution in [0.4, 0.5) is 0 Å². The van der Waals surface area contributed by atoms with Gasteiger partial charge in [-0.15, -0.1) is 0 Å². The predicted octanol–water partition coefficient (Wildman–Crippen LogP) is 6.82. The van der Waals surface area contributed by atoms with Gasteiger partial charge < -0.3 is 0 Å². The van der Waals surface area contributed by atoms with Gasteiger partial charge in [0, 0.05) is 32.3 Å². The number of fused-ring (bicyclic) bond motifs is 6. The molecule has 0 heterocycles. The van der Waals surface area contributed by atoms with Gasteiger partial charge in [0.1, 0.15) is 0 Å². The molecule has 2 heteroatoms. The number of hydrogen-bond donors (Lipinski definition) is 0. The van der Waals surface area contributed by atoms with Gasteiger partial charge in [0.25, 0.3) is 0 Å². The van der Waals surface area contributed by atoms with Gasteiger partial charge in [-0.1, -0.05) is 72.8 Å². The predicted molar refractivity (Wildman–Crippen MR) is 136 cm³/mol. The van der Waals surface area contributed by atoms with Crippen molar-refractivity contribution < 1.29 is 0 Å². The maximum absolute atomic E-state index is 13.6. The Morgan fingerprint density at radius 3 is 1.12 bits per heavy atom. The molecule has 0 aliphatic rings. The molecular formula is C30H18O2. The maximum Gasteiger partial charge on any atom is 0.194 e. The molecule has 0 spiro atoms. The summed E-state index contributed by atoms with van der Waals surface area (Å²) >= 11 is 0. The van der Waals surface area contributed by atoms with E-state index in [9.17, 15) is 9.59 Å².